The van der Waals surface area contributed by atoms with Crippen molar-refractivity contribution in [3.05, 3.63) is 71.5 Å². The van der Waals surface area contributed by atoms with E-state index < -0.39 is 5.82 Å². The van der Waals surface area contributed by atoms with Crippen LogP contribution in [0, 0.1) is 12.7 Å². The summed E-state index contributed by atoms with van der Waals surface area (Å²) in [5, 5.41) is 0. The van der Waals surface area contributed by atoms with Crippen molar-refractivity contribution in [2.24, 2.45) is 0 Å². The van der Waals surface area contributed by atoms with Crippen LogP contribution < -0.4 is 19.3 Å². The number of halogens is 1. The van der Waals surface area contributed by atoms with Gasteiger partial charge in [0.05, 0.1) is 18.5 Å². The maximum atomic E-state index is 15.2. The predicted octanol–water partition coefficient (Wildman–Crippen LogP) is 5.44. The highest BCUT2D eigenvalue weighted by Gasteiger charge is 2.21. The molecule has 0 aromatic heterocycles. The van der Waals surface area contributed by atoms with Crippen molar-refractivity contribution in [3.8, 4) is 22.6 Å². The summed E-state index contributed by atoms with van der Waals surface area (Å²) in [4.78, 5) is 15.3. The van der Waals surface area contributed by atoms with Crippen LogP contribution in [0.15, 0.2) is 54.6 Å². The smallest absolute Gasteiger partial charge is 0.213 e. The van der Waals surface area contributed by atoms with Gasteiger partial charge in [-0.2, -0.15) is 0 Å². The SMILES string of the molecule is CCN(C)c1cc(C)cc(-c2cc(F)c(OCc3ccccc3)c(OC)c2)c1N(C)C=O. The highest BCUT2D eigenvalue weighted by atomic mass is 19.1. The molecular formula is C26H29FN2O3. The lowest BCUT2D eigenvalue weighted by Crippen LogP contribution is -2.23. The number of amides is 1. The fraction of sp³-hybridized carbons (Fsp3) is 0.269. The van der Waals surface area contributed by atoms with Gasteiger partial charge in [-0.1, -0.05) is 30.3 Å². The van der Waals surface area contributed by atoms with Gasteiger partial charge in [0.2, 0.25) is 6.41 Å². The van der Waals surface area contributed by atoms with Gasteiger partial charge in [0.25, 0.3) is 0 Å². The van der Waals surface area contributed by atoms with E-state index in [0.717, 1.165) is 35.3 Å². The number of benzene rings is 3. The highest BCUT2D eigenvalue weighted by Crippen LogP contribution is 2.43. The molecule has 0 spiro atoms. The van der Waals surface area contributed by atoms with Gasteiger partial charge < -0.3 is 19.3 Å². The first-order chi connectivity index (χ1) is 15.4. The molecule has 0 unspecified atom stereocenters. The first kappa shape index (κ1) is 23.1. The van der Waals surface area contributed by atoms with Crippen molar-refractivity contribution in [1.82, 2.24) is 0 Å². The molecule has 0 saturated heterocycles. The summed E-state index contributed by atoms with van der Waals surface area (Å²) in [6.07, 6.45) is 0.756. The van der Waals surface area contributed by atoms with E-state index in [0.29, 0.717) is 17.0 Å². The van der Waals surface area contributed by atoms with Crippen molar-refractivity contribution < 1.29 is 18.7 Å². The van der Waals surface area contributed by atoms with Gasteiger partial charge in [-0.3, -0.25) is 4.79 Å². The summed E-state index contributed by atoms with van der Waals surface area (Å²) in [6, 6.07) is 16.7. The van der Waals surface area contributed by atoms with Gasteiger partial charge in [-0.25, -0.2) is 4.39 Å². The van der Waals surface area contributed by atoms with Gasteiger partial charge in [-0.15, -0.1) is 0 Å². The maximum Gasteiger partial charge on any atom is 0.213 e. The first-order valence-corrected chi connectivity index (χ1v) is 10.5. The Morgan fingerprint density at radius 3 is 2.41 bits per heavy atom. The van der Waals surface area contributed by atoms with Crippen LogP contribution in [0.5, 0.6) is 11.5 Å². The monoisotopic (exact) mass is 436 g/mol. The van der Waals surface area contributed by atoms with Crippen LogP contribution in [0.25, 0.3) is 11.1 Å². The molecule has 0 bridgehead atoms. The van der Waals surface area contributed by atoms with Crippen LogP contribution in [-0.2, 0) is 11.4 Å². The molecule has 0 N–H and O–H groups in total. The van der Waals surface area contributed by atoms with E-state index in [1.807, 2.05) is 63.4 Å². The van der Waals surface area contributed by atoms with Gasteiger partial charge in [0, 0.05) is 26.2 Å². The molecule has 0 aliphatic heterocycles. The average Bonchev–Trinajstić information content (AvgIpc) is 2.81. The molecule has 3 aromatic carbocycles. The van der Waals surface area contributed by atoms with Crippen LogP contribution in [-0.4, -0.2) is 34.2 Å². The summed E-state index contributed by atoms with van der Waals surface area (Å²) in [5.41, 5.74) is 4.86. The van der Waals surface area contributed by atoms with E-state index in [2.05, 4.69) is 4.90 Å². The standard InChI is InChI=1S/C26H29FN2O3/c1-6-28(3)23-13-18(2)12-21(25(23)29(4)17-30)20-14-22(27)26(24(15-20)31-5)32-16-19-10-8-7-9-11-19/h7-15,17H,6,16H2,1-5H3. The molecule has 0 atom stereocenters. The van der Waals surface area contributed by atoms with Crippen LogP contribution in [0.1, 0.15) is 18.1 Å². The summed E-state index contributed by atoms with van der Waals surface area (Å²) in [5.74, 6) is -0.173. The molecule has 0 radical (unpaired) electrons. The average molecular weight is 437 g/mol. The van der Waals surface area contributed by atoms with Crippen molar-refractivity contribution in [2.75, 3.05) is 37.5 Å². The number of ether oxygens (including phenoxy) is 2. The zero-order valence-electron chi connectivity index (χ0n) is 19.2. The molecule has 3 rings (SSSR count). The fourth-order valence-corrected chi connectivity index (χ4v) is 3.61. The summed E-state index contributed by atoms with van der Waals surface area (Å²) in [7, 11) is 5.14. The fourth-order valence-electron chi connectivity index (χ4n) is 3.61. The van der Waals surface area contributed by atoms with E-state index in [9.17, 15) is 4.79 Å². The molecule has 6 heteroatoms. The van der Waals surface area contributed by atoms with Crippen LogP contribution in [0.3, 0.4) is 0 Å². The minimum atomic E-state index is -0.526. The molecule has 0 fully saturated rings. The minimum absolute atomic E-state index is 0.0592. The zero-order chi connectivity index (χ0) is 23.3. The number of anilines is 2. The number of carbonyl (C=O) groups is 1. The number of hydrogen-bond acceptors (Lipinski definition) is 4. The Morgan fingerprint density at radius 2 is 1.78 bits per heavy atom. The number of nitrogens with zero attached hydrogens (tertiary/aromatic N) is 2. The summed E-state index contributed by atoms with van der Waals surface area (Å²) < 4.78 is 26.5. The molecule has 3 aromatic rings. The van der Waals surface area contributed by atoms with Crippen molar-refractivity contribution in [3.63, 3.8) is 0 Å². The Bertz CT molecular complexity index is 1090. The normalized spacial score (nSPS) is 10.6. The van der Waals surface area contributed by atoms with E-state index in [1.54, 1.807) is 13.1 Å². The molecule has 1 amide bonds. The lowest BCUT2D eigenvalue weighted by atomic mass is 9.98. The first-order valence-electron chi connectivity index (χ1n) is 10.5. The van der Waals surface area contributed by atoms with Crippen LogP contribution in [0.4, 0.5) is 15.8 Å². The van der Waals surface area contributed by atoms with Crippen molar-refractivity contribution in [2.45, 2.75) is 20.5 Å². The third-order valence-electron chi connectivity index (χ3n) is 5.40. The van der Waals surface area contributed by atoms with Crippen LogP contribution >= 0.6 is 0 Å². The maximum absolute atomic E-state index is 15.2. The van der Waals surface area contributed by atoms with Crippen molar-refractivity contribution in [1.29, 1.82) is 0 Å². The van der Waals surface area contributed by atoms with Gasteiger partial charge in [-0.05, 0) is 54.8 Å². The number of methoxy groups -OCH3 is 1. The Kier molecular flexibility index (Phi) is 7.36. The number of rotatable bonds is 9. The Hall–Kier alpha value is -3.54. The van der Waals surface area contributed by atoms with E-state index in [4.69, 9.17) is 9.47 Å². The van der Waals surface area contributed by atoms with E-state index >= 15 is 4.39 Å². The lowest BCUT2D eigenvalue weighted by molar-refractivity contribution is -0.107. The second-order valence-electron chi connectivity index (χ2n) is 7.67. The molecular weight excluding hydrogens is 407 g/mol. The number of hydrogen-bond donors (Lipinski definition) is 0. The Balaban J connectivity index is 2.10. The Morgan fingerprint density at radius 1 is 1.06 bits per heavy atom. The van der Waals surface area contributed by atoms with Crippen LogP contribution in [0.2, 0.25) is 0 Å². The molecule has 5 nitrogen and oxygen atoms in total. The second kappa shape index (κ2) is 10.2. The molecule has 32 heavy (non-hydrogen) atoms. The topological polar surface area (TPSA) is 42.0 Å². The van der Waals surface area contributed by atoms with Gasteiger partial charge in [0.15, 0.2) is 17.3 Å². The molecule has 168 valence electrons. The van der Waals surface area contributed by atoms with Gasteiger partial charge in [0.1, 0.15) is 6.61 Å². The van der Waals surface area contributed by atoms with Gasteiger partial charge >= 0.3 is 0 Å². The van der Waals surface area contributed by atoms with E-state index in [1.165, 1.54) is 18.1 Å². The quantitative estimate of drug-likeness (QED) is 0.419. The number of aryl methyl sites for hydroxylation is 1. The zero-order valence-corrected chi connectivity index (χ0v) is 19.2. The van der Waals surface area contributed by atoms with E-state index in [-0.39, 0.29) is 12.4 Å². The Labute approximate surface area is 189 Å². The third-order valence-corrected chi connectivity index (χ3v) is 5.40. The summed E-state index contributed by atoms with van der Waals surface area (Å²) in [6.45, 7) is 5.00. The predicted molar refractivity (Wildman–Crippen MR) is 127 cm³/mol. The largest absolute Gasteiger partial charge is 0.493 e. The second-order valence-corrected chi connectivity index (χ2v) is 7.67. The molecule has 0 heterocycles. The molecule has 0 saturated carbocycles. The lowest BCUT2D eigenvalue weighted by Gasteiger charge is -2.27. The molecule has 0 aliphatic carbocycles. The third kappa shape index (κ3) is 4.85. The minimum Gasteiger partial charge on any atom is -0.493 e. The highest BCUT2D eigenvalue weighted by molar-refractivity contribution is 5.95. The number of carbonyl (C=O) groups excluding carboxylic acids is 1. The molecule has 0 aliphatic rings. The van der Waals surface area contributed by atoms with Crippen molar-refractivity contribution >= 4 is 17.8 Å². The summed E-state index contributed by atoms with van der Waals surface area (Å²) >= 11 is 0.